The molecule has 0 aromatic heterocycles. The maximum absolute atomic E-state index is 10.8. The third-order valence-corrected chi connectivity index (χ3v) is 2.64. The van der Waals surface area contributed by atoms with Crippen molar-refractivity contribution in [3.05, 3.63) is 0 Å². The lowest BCUT2D eigenvalue weighted by Gasteiger charge is -2.27. The van der Waals surface area contributed by atoms with Gasteiger partial charge >= 0.3 is 5.97 Å². The number of carbonyl (C=O) groups is 1. The highest BCUT2D eigenvalue weighted by molar-refractivity contribution is 5.73. The topological polar surface area (TPSA) is 49.8 Å². The van der Waals surface area contributed by atoms with Crippen molar-refractivity contribution in [1.82, 2.24) is 4.90 Å². The van der Waals surface area contributed by atoms with Crippen molar-refractivity contribution >= 4 is 5.97 Å². The lowest BCUT2D eigenvalue weighted by molar-refractivity contribution is -0.143. The monoisotopic (exact) mass is 187 g/mol. The third kappa shape index (κ3) is 2.42. The number of hydrogen-bond donors (Lipinski definition) is 1. The van der Waals surface area contributed by atoms with E-state index in [1.165, 1.54) is 0 Å². The Labute approximate surface area is 78.5 Å². The molecule has 0 aromatic carbocycles. The van der Waals surface area contributed by atoms with Crippen LogP contribution in [-0.2, 0) is 9.53 Å². The molecule has 0 unspecified atom stereocenters. The smallest absolute Gasteiger partial charge is 0.320 e. The second kappa shape index (κ2) is 4.58. The molecule has 0 aromatic rings. The van der Waals surface area contributed by atoms with Crippen molar-refractivity contribution < 1.29 is 14.6 Å². The van der Waals surface area contributed by atoms with E-state index in [1.54, 1.807) is 14.0 Å². The number of hydrogen-bond acceptors (Lipinski definition) is 3. The summed E-state index contributed by atoms with van der Waals surface area (Å²) < 4.78 is 5.05. The van der Waals surface area contributed by atoms with Crippen LogP contribution in [0.15, 0.2) is 0 Å². The van der Waals surface area contributed by atoms with Gasteiger partial charge in [0.15, 0.2) is 0 Å². The Hall–Kier alpha value is -0.610. The van der Waals surface area contributed by atoms with Gasteiger partial charge in [0.1, 0.15) is 6.04 Å². The molecular formula is C9H17NO3. The zero-order valence-corrected chi connectivity index (χ0v) is 8.19. The van der Waals surface area contributed by atoms with Crippen LogP contribution in [0.2, 0.25) is 0 Å². The van der Waals surface area contributed by atoms with Gasteiger partial charge in [0.05, 0.1) is 6.61 Å². The standard InChI is InChI=1S/C9H17NO3/c1-7(9(11)12)10-5-3-4-8(10)6-13-2/h7-8H,3-6H2,1-2H3,(H,11,12)/t7-,8-/m1/s1. The largest absolute Gasteiger partial charge is 0.480 e. The van der Waals surface area contributed by atoms with Crippen molar-refractivity contribution in [2.24, 2.45) is 0 Å². The predicted octanol–water partition coefficient (Wildman–Crippen LogP) is 0.570. The molecule has 2 atom stereocenters. The molecule has 1 fully saturated rings. The van der Waals surface area contributed by atoms with Gasteiger partial charge < -0.3 is 9.84 Å². The van der Waals surface area contributed by atoms with Crippen molar-refractivity contribution in [3.8, 4) is 0 Å². The zero-order valence-electron chi connectivity index (χ0n) is 8.19. The number of methoxy groups -OCH3 is 1. The molecule has 76 valence electrons. The summed E-state index contributed by atoms with van der Waals surface area (Å²) in [5, 5.41) is 8.85. The van der Waals surface area contributed by atoms with Crippen molar-refractivity contribution in [1.29, 1.82) is 0 Å². The number of likely N-dealkylation sites (tertiary alicyclic amines) is 1. The van der Waals surface area contributed by atoms with Crippen LogP contribution >= 0.6 is 0 Å². The Kier molecular flexibility index (Phi) is 3.69. The average molecular weight is 187 g/mol. The SMILES string of the molecule is COC[C@H]1CCCN1[C@H](C)C(=O)O. The minimum atomic E-state index is -0.747. The summed E-state index contributed by atoms with van der Waals surface area (Å²) in [5.41, 5.74) is 0. The lowest BCUT2D eigenvalue weighted by Crippen LogP contribution is -2.43. The first-order chi connectivity index (χ1) is 6.16. The Morgan fingerprint density at radius 3 is 3.00 bits per heavy atom. The average Bonchev–Trinajstić information content (AvgIpc) is 2.52. The summed E-state index contributed by atoms with van der Waals surface area (Å²) in [5.74, 6) is -0.747. The molecule has 0 bridgehead atoms. The first kappa shape index (κ1) is 10.5. The lowest BCUT2D eigenvalue weighted by atomic mass is 10.2. The van der Waals surface area contributed by atoms with Crippen LogP contribution < -0.4 is 0 Å². The molecule has 1 N–H and O–H groups in total. The fourth-order valence-corrected chi connectivity index (χ4v) is 1.88. The molecule has 0 amide bonds. The van der Waals surface area contributed by atoms with E-state index in [0.29, 0.717) is 6.61 Å². The Bertz CT molecular complexity index is 184. The fourth-order valence-electron chi connectivity index (χ4n) is 1.88. The Morgan fingerprint density at radius 2 is 2.46 bits per heavy atom. The molecule has 4 heteroatoms. The van der Waals surface area contributed by atoms with Crippen molar-refractivity contribution in [3.63, 3.8) is 0 Å². The van der Waals surface area contributed by atoms with Gasteiger partial charge in [0, 0.05) is 13.2 Å². The van der Waals surface area contributed by atoms with E-state index in [0.717, 1.165) is 19.4 Å². The number of nitrogens with zero attached hydrogens (tertiary/aromatic N) is 1. The molecule has 1 rings (SSSR count). The summed E-state index contributed by atoms with van der Waals surface area (Å²) in [6.07, 6.45) is 2.12. The minimum Gasteiger partial charge on any atom is -0.480 e. The molecule has 1 saturated heterocycles. The highest BCUT2D eigenvalue weighted by Gasteiger charge is 2.31. The molecule has 1 heterocycles. The Morgan fingerprint density at radius 1 is 1.77 bits per heavy atom. The minimum absolute atomic E-state index is 0.288. The molecular weight excluding hydrogens is 170 g/mol. The van der Waals surface area contributed by atoms with Crippen LogP contribution in [0.1, 0.15) is 19.8 Å². The van der Waals surface area contributed by atoms with Crippen LogP contribution in [-0.4, -0.2) is 48.3 Å². The second-order valence-corrected chi connectivity index (χ2v) is 3.50. The summed E-state index contributed by atoms with van der Waals surface area (Å²) >= 11 is 0. The maximum atomic E-state index is 10.8. The highest BCUT2D eigenvalue weighted by atomic mass is 16.5. The Balaban J connectivity index is 2.51. The van der Waals surface area contributed by atoms with E-state index in [9.17, 15) is 4.79 Å². The fraction of sp³-hybridized carbons (Fsp3) is 0.889. The summed E-state index contributed by atoms with van der Waals surface area (Å²) in [4.78, 5) is 12.8. The van der Waals surface area contributed by atoms with Crippen LogP contribution in [0.4, 0.5) is 0 Å². The van der Waals surface area contributed by atoms with Gasteiger partial charge in [0.2, 0.25) is 0 Å². The van der Waals surface area contributed by atoms with Gasteiger partial charge in [-0.25, -0.2) is 0 Å². The number of rotatable bonds is 4. The van der Waals surface area contributed by atoms with E-state index < -0.39 is 5.97 Å². The number of aliphatic carboxylic acids is 1. The number of carboxylic acid groups (broad SMARTS) is 1. The quantitative estimate of drug-likeness (QED) is 0.699. The molecule has 0 radical (unpaired) electrons. The first-order valence-corrected chi connectivity index (χ1v) is 4.64. The first-order valence-electron chi connectivity index (χ1n) is 4.64. The van der Waals surface area contributed by atoms with Crippen LogP contribution in [0.3, 0.4) is 0 Å². The van der Waals surface area contributed by atoms with Gasteiger partial charge in [-0.3, -0.25) is 9.69 Å². The highest BCUT2D eigenvalue weighted by Crippen LogP contribution is 2.20. The predicted molar refractivity (Wildman–Crippen MR) is 48.7 cm³/mol. The zero-order chi connectivity index (χ0) is 9.84. The van der Waals surface area contributed by atoms with Crippen LogP contribution in [0.25, 0.3) is 0 Å². The molecule has 0 aliphatic carbocycles. The van der Waals surface area contributed by atoms with E-state index in [1.807, 2.05) is 4.90 Å². The van der Waals surface area contributed by atoms with Gasteiger partial charge in [-0.2, -0.15) is 0 Å². The van der Waals surface area contributed by atoms with E-state index >= 15 is 0 Å². The summed E-state index contributed by atoms with van der Waals surface area (Å²) in [7, 11) is 1.65. The second-order valence-electron chi connectivity index (χ2n) is 3.50. The molecule has 13 heavy (non-hydrogen) atoms. The van der Waals surface area contributed by atoms with Crippen LogP contribution in [0.5, 0.6) is 0 Å². The van der Waals surface area contributed by atoms with Crippen LogP contribution in [0, 0.1) is 0 Å². The molecule has 0 saturated carbocycles. The third-order valence-electron chi connectivity index (χ3n) is 2.64. The normalized spacial score (nSPS) is 26.2. The van der Waals surface area contributed by atoms with Gasteiger partial charge in [-0.1, -0.05) is 0 Å². The van der Waals surface area contributed by atoms with E-state index in [4.69, 9.17) is 9.84 Å². The van der Waals surface area contributed by atoms with Gasteiger partial charge in [-0.05, 0) is 26.3 Å². The van der Waals surface area contributed by atoms with Crippen molar-refractivity contribution in [2.75, 3.05) is 20.3 Å². The van der Waals surface area contributed by atoms with E-state index in [-0.39, 0.29) is 12.1 Å². The molecule has 1 aliphatic rings. The molecule has 4 nitrogen and oxygen atoms in total. The number of carboxylic acids is 1. The summed E-state index contributed by atoms with van der Waals surface area (Å²) in [6, 6.07) is -0.0984. The van der Waals surface area contributed by atoms with Gasteiger partial charge in [0.25, 0.3) is 0 Å². The van der Waals surface area contributed by atoms with E-state index in [2.05, 4.69) is 0 Å². The summed E-state index contributed by atoms with van der Waals surface area (Å²) in [6.45, 7) is 3.25. The molecule has 1 aliphatic heterocycles. The molecule has 0 spiro atoms. The van der Waals surface area contributed by atoms with Gasteiger partial charge in [-0.15, -0.1) is 0 Å². The maximum Gasteiger partial charge on any atom is 0.320 e. The number of ether oxygens (including phenoxy) is 1. The van der Waals surface area contributed by atoms with Crippen molar-refractivity contribution in [2.45, 2.75) is 31.8 Å².